The Bertz CT molecular complexity index is 738. The van der Waals surface area contributed by atoms with Crippen molar-refractivity contribution in [2.45, 2.75) is 25.7 Å². The van der Waals surface area contributed by atoms with Gasteiger partial charge in [0.15, 0.2) is 17.1 Å². The molecule has 1 aliphatic carbocycles. The molecule has 2 N–H and O–H groups in total. The van der Waals surface area contributed by atoms with Crippen LogP contribution >= 0.6 is 0 Å². The van der Waals surface area contributed by atoms with Crippen LogP contribution in [-0.2, 0) is 0 Å². The Labute approximate surface area is 114 Å². The SMILES string of the molecule is O=C(c1cc2ccc(O)c(O)c2oc1=O)C1CCCC1. The number of ketones is 1. The van der Waals surface area contributed by atoms with Crippen LogP contribution in [0.3, 0.4) is 0 Å². The van der Waals surface area contributed by atoms with Gasteiger partial charge in [0.1, 0.15) is 5.56 Å². The number of benzene rings is 1. The van der Waals surface area contributed by atoms with E-state index in [2.05, 4.69) is 0 Å². The van der Waals surface area contributed by atoms with Crippen molar-refractivity contribution < 1.29 is 19.4 Å². The highest BCUT2D eigenvalue weighted by molar-refractivity contribution is 6.00. The molecule has 1 saturated carbocycles. The van der Waals surface area contributed by atoms with Crippen LogP contribution in [0.2, 0.25) is 0 Å². The molecule has 0 spiro atoms. The third-order valence-corrected chi connectivity index (χ3v) is 3.85. The van der Waals surface area contributed by atoms with Crippen LogP contribution in [0.5, 0.6) is 11.5 Å². The van der Waals surface area contributed by atoms with E-state index in [9.17, 15) is 19.8 Å². The summed E-state index contributed by atoms with van der Waals surface area (Å²) >= 11 is 0. The van der Waals surface area contributed by atoms with E-state index < -0.39 is 11.4 Å². The topological polar surface area (TPSA) is 87.7 Å². The van der Waals surface area contributed by atoms with Crippen LogP contribution in [-0.4, -0.2) is 16.0 Å². The number of phenols is 2. The van der Waals surface area contributed by atoms with Gasteiger partial charge in [-0.15, -0.1) is 0 Å². The zero-order valence-electron chi connectivity index (χ0n) is 10.8. The molecule has 0 saturated heterocycles. The zero-order valence-corrected chi connectivity index (χ0v) is 10.8. The van der Waals surface area contributed by atoms with Crippen molar-refractivity contribution in [3.05, 3.63) is 34.2 Å². The Hall–Kier alpha value is -2.30. The number of rotatable bonds is 2. The Balaban J connectivity index is 2.13. The first-order chi connectivity index (χ1) is 9.58. The normalized spacial score (nSPS) is 15.8. The monoisotopic (exact) mass is 274 g/mol. The fourth-order valence-electron chi connectivity index (χ4n) is 2.74. The first kappa shape index (κ1) is 12.7. The van der Waals surface area contributed by atoms with Crippen molar-refractivity contribution in [3.8, 4) is 11.5 Å². The summed E-state index contributed by atoms with van der Waals surface area (Å²) in [4.78, 5) is 24.2. The van der Waals surface area contributed by atoms with E-state index in [0.29, 0.717) is 5.39 Å². The van der Waals surface area contributed by atoms with Crippen LogP contribution in [0.25, 0.3) is 11.0 Å². The molecule has 3 rings (SSSR count). The fraction of sp³-hybridized carbons (Fsp3) is 0.333. The fourth-order valence-corrected chi connectivity index (χ4v) is 2.74. The van der Waals surface area contributed by atoms with Crippen molar-refractivity contribution in [1.82, 2.24) is 0 Å². The molecule has 104 valence electrons. The lowest BCUT2D eigenvalue weighted by Gasteiger charge is -2.08. The third-order valence-electron chi connectivity index (χ3n) is 3.85. The highest BCUT2D eigenvalue weighted by Crippen LogP contribution is 2.33. The van der Waals surface area contributed by atoms with Crippen molar-refractivity contribution in [1.29, 1.82) is 0 Å². The highest BCUT2D eigenvalue weighted by Gasteiger charge is 2.27. The zero-order chi connectivity index (χ0) is 14.3. The highest BCUT2D eigenvalue weighted by atomic mass is 16.4. The first-order valence-corrected chi connectivity index (χ1v) is 6.61. The molecule has 5 nitrogen and oxygen atoms in total. The minimum Gasteiger partial charge on any atom is -0.504 e. The van der Waals surface area contributed by atoms with Crippen molar-refractivity contribution in [3.63, 3.8) is 0 Å². The van der Waals surface area contributed by atoms with Gasteiger partial charge in [-0.3, -0.25) is 4.79 Å². The van der Waals surface area contributed by atoms with Gasteiger partial charge in [0.25, 0.3) is 0 Å². The van der Waals surface area contributed by atoms with Gasteiger partial charge in [0, 0.05) is 11.3 Å². The van der Waals surface area contributed by atoms with Crippen molar-refractivity contribution in [2.75, 3.05) is 0 Å². The van der Waals surface area contributed by atoms with E-state index in [-0.39, 0.29) is 28.6 Å². The number of hydrogen-bond acceptors (Lipinski definition) is 5. The summed E-state index contributed by atoms with van der Waals surface area (Å²) in [6.07, 6.45) is 3.61. The van der Waals surface area contributed by atoms with E-state index in [1.165, 1.54) is 18.2 Å². The molecule has 1 heterocycles. The van der Waals surface area contributed by atoms with Gasteiger partial charge in [0.05, 0.1) is 0 Å². The van der Waals surface area contributed by atoms with Gasteiger partial charge in [-0.05, 0) is 31.0 Å². The van der Waals surface area contributed by atoms with Gasteiger partial charge >= 0.3 is 5.63 Å². The number of phenolic OH excluding ortho intramolecular Hbond substituents is 2. The molecule has 1 aliphatic rings. The van der Waals surface area contributed by atoms with Crippen molar-refractivity contribution >= 4 is 16.8 Å². The lowest BCUT2D eigenvalue weighted by Crippen LogP contribution is -2.19. The summed E-state index contributed by atoms with van der Waals surface area (Å²) < 4.78 is 5.00. The van der Waals surface area contributed by atoms with E-state index in [1.807, 2.05) is 0 Å². The Kier molecular flexibility index (Phi) is 2.97. The number of aromatic hydroxyl groups is 2. The molecular weight excluding hydrogens is 260 g/mol. The third kappa shape index (κ3) is 1.95. The number of fused-ring (bicyclic) bond motifs is 1. The van der Waals surface area contributed by atoms with Crippen LogP contribution in [0.1, 0.15) is 36.0 Å². The predicted molar refractivity (Wildman–Crippen MR) is 72.1 cm³/mol. The molecule has 0 amide bonds. The molecule has 2 aromatic rings. The Morgan fingerprint density at radius 1 is 1.20 bits per heavy atom. The van der Waals surface area contributed by atoms with Crippen molar-refractivity contribution in [2.24, 2.45) is 5.92 Å². The molecule has 0 radical (unpaired) electrons. The Morgan fingerprint density at radius 2 is 1.90 bits per heavy atom. The minimum atomic E-state index is -0.768. The van der Waals surface area contributed by atoms with Gasteiger partial charge in [-0.25, -0.2) is 4.79 Å². The summed E-state index contributed by atoms with van der Waals surface area (Å²) in [5.74, 6) is -1.15. The average molecular weight is 274 g/mol. The summed E-state index contributed by atoms with van der Waals surface area (Å²) in [7, 11) is 0. The summed E-state index contributed by atoms with van der Waals surface area (Å²) in [6, 6.07) is 4.22. The molecule has 0 atom stereocenters. The average Bonchev–Trinajstić information content (AvgIpc) is 2.96. The molecule has 5 heteroatoms. The van der Waals surface area contributed by atoms with Crippen LogP contribution < -0.4 is 5.63 Å². The number of carbonyl (C=O) groups excluding carboxylic acids is 1. The van der Waals surface area contributed by atoms with Crippen LogP contribution in [0.15, 0.2) is 27.4 Å². The lowest BCUT2D eigenvalue weighted by molar-refractivity contribution is 0.0919. The maximum Gasteiger partial charge on any atom is 0.347 e. The second-order valence-corrected chi connectivity index (χ2v) is 5.14. The van der Waals surface area contributed by atoms with E-state index in [1.54, 1.807) is 0 Å². The first-order valence-electron chi connectivity index (χ1n) is 6.61. The standard InChI is InChI=1S/C15H14O5/c16-11-6-5-9-7-10(12(17)8-3-1-2-4-8)15(19)20-14(9)13(11)18/h5-8,16,18H,1-4H2. The van der Waals surface area contributed by atoms with Crippen LogP contribution in [0.4, 0.5) is 0 Å². The summed E-state index contributed by atoms with van der Waals surface area (Å²) in [6.45, 7) is 0. The quantitative estimate of drug-likeness (QED) is 0.499. The number of Topliss-reactive ketones (excluding diaryl/α,β-unsaturated/α-hetero) is 1. The Morgan fingerprint density at radius 3 is 2.60 bits per heavy atom. The van der Waals surface area contributed by atoms with E-state index >= 15 is 0 Å². The number of carbonyl (C=O) groups is 1. The van der Waals surface area contributed by atoms with Gasteiger partial charge in [-0.2, -0.15) is 0 Å². The van der Waals surface area contributed by atoms with Gasteiger partial charge in [0.2, 0.25) is 5.75 Å². The molecule has 20 heavy (non-hydrogen) atoms. The molecule has 1 aromatic heterocycles. The molecule has 1 aromatic carbocycles. The minimum absolute atomic E-state index is 0.0227. The second-order valence-electron chi connectivity index (χ2n) is 5.14. The predicted octanol–water partition coefficient (Wildman–Crippen LogP) is 2.58. The van der Waals surface area contributed by atoms with E-state index in [4.69, 9.17) is 4.42 Å². The largest absolute Gasteiger partial charge is 0.504 e. The second kappa shape index (κ2) is 4.67. The molecule has 0 bridgehead atoms. The van der Waals surface area contributed by atoms with Crippen LogP contribution in [0, 0.1) is 5.92 Å². The number of hydrogen-bond donors (Lipinski definition) is 2. The smallest absolute Gasteiger partial charge is 0.347 e. The molecule has 0 aliphatic heterocycles. The maximum atomic E-state index is 12.3. The van der Waals surface area contributed by atoms with E-state index in [0.717, 1.165) is 25.7 Å². The van der Waals surface area contributed by atoms with Gasteiger partial charge in [-0.1, -0.05) is 12.8 Å². The summed E-state index contributed by atoms with van der Waals surface area (Å²) in [5, 5.41) is 19.5. The summed E-state index contributed by atoms with van der Waals surface area (Å²) in [5.41, 5.74) is -0.845. The van der Waals surface area contributed by atoms with Gasteiger partial charge < -0.3 is 14.6 Å². The molecule has 0 unspecified atom stereocenters. The lowest BCUT2D eigenvalue weighted by atomic mass is 9.97. The molecule has 1 fully saturated rings. The maximum absolute atomic E-state index is 12.3. The molecular formula is C15H14O5.